The van der Waals surface area contributed by atoms with Crippen LogP contribution in [0.4, 0.5) is 19.0 Å². The number of nitrogens with one attached hydrogen (secondary N) is 1. The zero-order chi connectivity index (χ0) is 20.5. The fourth-order valence-electron chi connectivity index (χ4n) is 3.83. The molecule has 1 aliphatic heterocycles. The summed E-state index contributed by atoms with van der Waals surface area (Å²) < 4.78 is 51.4. The molecule has 0 spiro atoms. The van der Waals surface area contributed by atoms with Gasteiger partial charge >= 0.3 is 6.18 Å². The number of ether oxygens (including phenoxy) is 2. The highest BCUT2D eigenvalue weighted by Gasteiger charge is 2.36. The monoisotopic (exact) mass is 405 g/mol. The van der Waals surface area contributed by atoms with Gasteiger partial charge in [-0.1, -0.05) is 18.2 Å². The Balaban J connectivity index is 1.63. The third kappa shape index (κ3) is 3.89. The predicted octanol–water partition coefficient (Wildman–Crippen LogP) is 4.52. The van der Waals surface area contributed by atoms with Crippen LogP contribution in [0, 0.1) is 0 Å². The maximum Gasteiger partial charge on any atom is 0.434 e. The summed E-state index contributed by atoms with van der Waals surface area (Å²) in [6, 6.07) is 13.0. The number of methoxy groups -OCH3 is 1. The lowest BCUT2D eigenvalue weighted by Crippen LogP contribution is -2.40. The van der Waals surface area contributed by atoms with Gasteiger partial charge in [0.1, 0.15) is 17.2 Å². The van der Waals surface area contributed by atoms with Crippen LogP contribution in [0.3, 0.4) is 0 Å². The van der Waals surface area contributed by atoms with Crippen molar-refractivity contribution in [2.45, 2.75) is 24.4 Å². The Hall–Kier alpha value is -2.74. The molecular formula is C21H22F3N3O2. The van der Waals surface area contributed by atoms with E-state index in [1.807, 2.05) is 24.3 Å². The average Bonchev–Trinajstić information content (AvgIpc) is 3.19. The minimum Gasteiger partial charge on any atom is -0.497 e. The van der Waals surface area contributed by atoms with E-state index in [0.29, 0.717) is 25.6 Å². The van der Waals surface area contributed by atoms with Crippen molar-refractivity contribution in [1.29, 1.82) is 0 Å². The largest absolute Gasteiger partial charge is 0.497 e. The number of hydrogen-bond donors (Lipinski definition) is 1. The second kappa shape index (κ2) is 7.59. The second-order valence-corrected chi connectivity index (χ2v) is 7.24. The summed E-state index contributed by atoms with van der Waals surface area (Å²) in [6.07, 6.45) is -1.81. The number of imidazole rings is 1. The Morgan fingerprint density at radius 1 is 1.14 bits per heavy atom. The number of nitrogens with zero attached hydrogens (tertiary/aromatic N) is 2. The van der Waals surface area contributed by atoms with E-state index < -0.39 is 11.9 Å². The Morgan fingerprint density at radius 2 is 1.86 bits per heavy atom. The first kappa shape index (κ1) is 19.6. The van der Waals surface area contributed by atoms with Crippen molar-refractivity contribution in [2.24, 2.45) is 0 Å². The lowest BCUT2D eigenvalue weighted by molar-refractivity contribution is -0.140. The molecule has 2 aromatic heterocycles. The maximum absolute atomic E-state index is 13.1. The molecule has 0 saturated carbocycles. The van der Waals surface area contributed by atoms with Crippen LogP contribution in [0.5, 0.6) is 5.75 Å². The standard InChI is InChI=1S/C21H22F3N3O2/c1-28-16-7-5-15(6-8-16)20(9-11-29-12-10-20)14-25-18-3-2-4-19-26-17(13-27(18)19)21(22,23)24/h2-8,13,25H,9-12,14H2,1H3. The highest BCUT2D eigenvalue weighted by Crippen LogP contribution is 2.36. The smallest absolute Gasteiger partial charge is 0.434 e. The summed E-state index contributed by atoms with van der Waals surface area (Å²) >= 11 is 0. The zero-order valence-electron chi connectivity index (χ0n) is 16.0. The molecule has 1 fully saturated rings. The molecule has 0 unspecified atom stereocenters. The molecular weight excluding hydrogens is 383 g/mol. The van der Waals surface area contributed by atoms with Crippen LogP contribution >= 0.6 is 0 Å². The molecule has 0 radical (unpaired) electrons. The topological polar surface area (TPSA) is 47.8 Å². The normalized spacial score (nSPS) is 16.7. The van der Waals surface area contributed by atoms with Crippen LogP contribution in [-0.2, 0) is 16.3 Å². The van der Waals surface area contributed by atoms with Gasteiger partial charge in [0.05, 0.1) is 7.11 Å². The van der Waals surface area contributed by atoms with Crippen LogP contribution in [0.2, 0.25) is 0 Å². The number of fused-ring (bicyclic) bond motifs is 1. The SMILES string of the molecule is COc1ccc(C2(CNc3cccc4nc(C(F)(F)F)cn34)CCOCC2)cc1. The molecule has 3 heterocycles. The summed E-state index contributed by atoms with van der Waals surface area (Å²) in [4.78, 5) is 3.70. The van der Waals surface area contributed by atoms with E-state index in [4.69, 9.17) is 9.47 Å². The zero-order valence-corrected chi connectivity index (χ0v) is 16.0. The van der Waals surface area contributed by atoms with Gasteiger partial charge in [0.2, 0.25) is 0 Å². The fraction of sp³-hybridized carbons (Fsp3) is 0.381. The van der Waals surface area contributed by atoms with Gasteiger partial charge in [-0.25, -0.2) is 4.98 Å². The van der Waals surface area contributed by atoms with Crippen molar-refractivity contribution in [1.82, 2.24) is 9.38 Å². The second-order valence-electron chi connectivity index (χ2n) is 7.24. The molecule has 154 valence electrons. The first-order valence-corrected chi connectivity index (χ1v) is 9.43. The molecule has 1 aliphatic rings. The number of benzene rings is 1. The minimum atomic E-state index is -4.48. The Morgan fingerprint density at radius 3 is 2.52 bits per heavy atom. The summed E-state index contributed by atoms with van der Waals surface area (Å²) in [7, 11) is 1.63. The van der Waals surface area contributed by atoms with Gasteiger partial charge in [0.15, 0.2) is 5.69 Å². The number of pyridine rings is 1. The molecule has 0 amide bonds. The van der Waals surface area contributed by atoms with Gasteiger partial charge in [0.25, 0.3) is 0 Å². The van der Waals surface area contributed by atoms with Crippen LogP contribution in [0.25, 0.3) is 5.65 Å². The molecule has 0 atom stereocenters. The van der Waals surface area contributed by atoms with Crippen molar-refractivity contribution in [3.63, 3.8) is 0 Å². The van der Waals surface area contributed by atoms with E-state index in [1.165, 1.54) is 4.40 Å². The number of rotatable bonds is 5. The molecule has 1 N–H and O–H groups in total. The van der Waals surface area contributed by atoms with Crippen molar-refractivity contribution >= 4 is 11.5 Å². The van der Waals surface area contributed by atoms with Gasteiger partial charge in [-0.2, -0.15) is 13.2 Å². The van der Waals surface area contributed by atoms with Gasteiger partial charge in [-0.3, -0.25) is 4.40 Å². The number of hydrogen-bond acceptors (Lipinski definition) is 4. The van der Waals surface area contributed by atoms with E-state index in [-0.39, 0.29) is 11.1 Å². The van der Waals surface area contributed by atoms with E-state index >= 15 is 0 Å². The van der Waals surface area contributed by atoms with Gasteiger partial charge < -0.3 is 14.8 Å². The van der Waals surface area contributed by atoms with Crippen LogP contribution < -0.4 is 10.1 Å². The quantitative estimate of drug-likeness (QED) is 0.678. The molecule has 1 saturated heterocycles. The Labute approximate surface area is 166 Å². The molecule has 4 rings (SSSR count). The van der Waals surface area contributed by atoms with Crippen molar-refractivity contribution in [3.05, 3.63) is 59.9 Å². The summed E-state index contributed by atoms with van der Waals surface area (Å²) in [5.74, 6) is 1.36. The van der Waals surface area contributed by atoms with Crippen LogP contribution in [-0.4, -0.2) is 36.3 Å². The molecule has 1 aromatic carbocycles. The molecule has 3 aromatic rings. The molecule has 0 aliphatic carbocycles. The van der Waals surface area contributed by atoms with Gasteiger partial charge in [0, 0.05) is 31.4 Å². The van der Waals surface area contributed by atoms with E-state index in [0.717, 1.165) is 30.4 Å². The molecule has 8 heteroatoms. The fourth-order valence-corrected chi connectivity index (χ4v) is 3.83. The number of halogens is 3. The highest BCUT2D eigenvalue weighted by atomic mass is 19.4. The first-order chi connectivity index (χ1) is 13.9. The third-order valence-electron chi connectivity index (χ3n) is 5.54. The first-order valence-electron chi connectivity index (χ1n) is 9.43. The molecule has 0 bridgehead atoms. The summed E-state index contributed by atoms with van der Waals surface area (Å²) in [5.41, 5.74) is 0.332. The lowest BCUT2D eigenvalue weighted by atomic mass is 9.74. The van der Waals surface area contributed by atoms with Gasteiger partial charge in [-0.05, 0) is 42.7 Å². The average molecular weight is 405 g/mol. The number of aromatic nitrogens is 2. The van der Waals surface area contributed by atoms with Crippen molar-refractivity contribution in [3.8, 4) is 5.75 Å². The predicted molar refractivity (Wildman–Crippen MR) is 103 cm³/mol. The minimum absolute atomic E-state index is 0.180. The maximum atomic E-state index is 13.1. The lowest BCUT2D eigenvalue weighted by Gasteiger charge is -2.38. The summed E-state index contributed by atoms with van der Waals surface area (Å²) in [5, 5.41) is 3.36. The van der Waals surface area contributed by atoms with Crippen molar-refractivity contribution in [2.75, 3.05) is 32.2 Å². The number of anilines is 1. The van der Waals surface area contributed by atoms with Crippen LogP contribution in [0.1, 0.15) is 24.1 Å². The van der Waals surface area contributed by atoms with E-state index in [2.05, 4.69) is 10.3 Å². The summed E-state index contributed by atoms with van der Waals surface area (Å²) in [6.45, 7) is 1.85. The van der Waals surface area contributed by atoms with Gasteiger partial charge in [-0.15, -0.1) is 0 Å². The molecule has 5 nitrogen and oxygen atoms in total. The number of alkyl halides is 3. The molecule has 29 heavy (non-hydrogen) atoms. The van der Waals surface area contributed by atoms with Crippen molar-refractivity contribution < 1.29 is 22.6 Å². The van der Waals surface area contributed by atoms with Crippen LogP contribution in [0.15, 0.2) is 48.7 Å². The van der Waals surface area contributed by atoms with E-state index in [9.17, 15) is 13.2 Å². The third-order valence-corrected chi connectivity index (χ3v) is 5.54. The van der Waals surface area contributed by atoms with E-state index in [1.54, 1.807) is 25.3 Å². The Kier molecular flexibility index (Phi) is 5.12. The Bertz CT molecular complexity index is 977. The highest BCUT2D eigenvalue weighted by molar-refractivity contribution is 5.52.